The van der Waals surface area contributed by atoms with Gasteiger partial charge in [0, 0.05) is 24.8 Å². The molecule has 3 atom stereocenters. The van der Waals surface area contributed by atoms with Gasteiger partial charge in [-0.1, -0.05) is 18.2 Å². The molecule has 3 unspecified atom stereocenters. The number of carbonyl (C=O) groups is 1. The third-order valence-corrected chi connectivity index (χ3v) is 5.31. The Kier molecular flexibility index (Phi) is 4.65. The largest absolute Gasteiger partial charge is 0.337 e. The lowest BCUT2D eigenvalue weighted by molar-refractivity contribution is 0.0773. The minimum Gasteiger partial charge on any atom is -0.337 e. The number of rotatable bonds is 2. The lowest BCUT2D eigenvalue weighted by Gasteiger charge is -2.17. The van der Waals surface area contributed by atoms with E-state index < -0.39 is 0 Å². The second-order valence-corrected chi connectivity index (χ2v) is 6.79. The summed E-state index contributed by atoms with van der Waals surface area (Å²) < 4.78 is 1.83. The molecule has 0 spiro atoms. The Labute approximate surface area is 148 Å². The first-order chi connectivity index (χ1) is 11.1. The summed E-state index contributed by atoms with van der Waals surface area (Å²) in [6.07, 6.45) is 2.24. The molecule has 1 aromatic heterocycles. The summed E-state index contributed by atoms with van der Waals surface area (Å²) in [5, 5.41) is 4.53. The summed E-state index contributed by atoms with van der Waals surface area (Å²) in [7, 11) is 0. The van der Waals surface area contributed by atoms with Gasteiger partial charge in [0.2, 0.25) is 0 Å². The molecule has 5 nitrogen and oxygen atoms in total. The van der Waals surface area contributed by atoms with E-state index in [1.54, 1.807) is 0 Å². The van der Waals surface area contributed by atoms with Gasteiger partial charge in [0.25, 0.3) is 5.91 Å². The third kappa shape index (κ3) is 2.82. The average molecular weight is 347 g/mol. The number of likely N-dealkylation sites (tertiary alicyclic amines) is 1. The quantitative estimate of drug-likeness (QED) is 0.908. The highest BCUT2D eigenvalue weighted by molar-refractivity contribution is 5.92. The monoisotopic (exact) mass is 346 g/mol. The topological polar surface area (TPSA) is 64.2 Å². The fourth-order valence-electron chi connectivity index (χ4n) is 4.04. The second-order valence-electron chi connectivity index (χ2n) is 6.79. The first-order valence-corrected chi connectivity index (χ1v) is 8.30. The van der Waals surface area contributed by atoms with E-state index in [2.05, 4.69) is 5.10 Å². The lowest BCUT2D eigenvalue weighted by atomic mass is 9.98. The molecule has 128 valence electrons. The molecule has 24 heavy (non-hydrogen) atoms. The Bertz CT molecular complexity index is 730. The van der Waals surface area contributed by atoms with Crippen LogP contribution in [0.4, 0.5) is 0 Å². The summed E-state index contributed by atoms with van der Waals surface area (Å²) >= 11 is 0. The van der Waals surface area contributed by atoms with Gasteiger partial charge in [-0.25, -0.2) is 4.68 Å². The zero-order valence-corrected chi connectivity index (χ0v) is 14.6. The molecule has 1 aliphatic carbocycles. The number of amides is 1. The zero-order valence-electron chi connectivity index (χ0n) is 13.8. The first-order valence-electron chi connectivity index (χ1n) is 8.30. The summed E-state index contributed by atoms with van der Waals surface area (Å²) in [5.74, 6) is 1.08. The molecule has 4 rings (SSSR count). The highest BCUT2D eigenvalue weighted by Crippen LogP contribution is 2.37. The number of nitrogens with two attached hydrogens (primary N) is 1. The van der Waals surface area contributed by atoms with Crippen LogP contribution in [0, 0.1) is 18.8 Å². The Morgan fingerprint density at radius 1 is 1.21 bits per heavy atom. The molecule has 2 aliphatic rings. The van der Waals surface area contributed by atoms with Crippen LogP contribution in [0.15, 0.2) is 36.4 Å². The van der Waals surface area contributed by atoms with E-state index >= 15 is 0 Å². The lowest BCUT2D eigenvalue weighted by Crippen LogP contribution is -2.33. The molecule has 1 aliphatic heterocycles. The van der Waals surface area contributed by atoms with Gasteiger partial charge < -0.3 is 10.6 Å². The first kappa shape index (κ1) is 17.0. The minimum atomic E-state index is 0. The predicted octanol–water partition coefficient (Wildman–Crippen LogP) is 2.41. The molecule has 0 bridgehead atoms. The van der Waals surface area contributed by atoms with Gasteiger partial charge in [0.15, 0.2) is 5.69 Å². The van der Waals surface area contributed by atoms with E-state index in [9.17, 15) is 4.79 Å². The van der Waals surface area contributed by atoms with E-state index in [1.165, 1.54) is 0 Å². The zero-order chi connectivity index (χ0) is 16.0. The number of aryl methyl sites for hydroxylation is 1. The van der Waals surface area contributed by atoms with Gasteiger partial charge in [-0.2, -0.15) is 5.10 Å². The van der Waals surface area contributed by atoms with Crippen molar-refractivity contribution < 1.29 is 4.79 Å². The van der Waals surface area contributed by atoms with E-state index in [1.807, 2.05) is 52.9 Å². The standard InChI is InChI=1S/C18H22N4O.ClH/c1-12-9-17(20-22(12)14-5-3-2-4-6-14)18(23)21-10-13-7-8-16(19)15(13)11-21;/h2-6,9,13,15-16H,7-8,10-11,19H2,1H3;1H. The van der Waals surface area contributed by atoms with Gasteiger partial charge >= 0.3 is 0 Å². The Morgan fingerprint density at radius 2 is 1.96 bits per heavy atom. The number of para-hydroxylation sites is 1. The maximum Gasteiger partial charge on any atom is 0.274 e. The van der Waals surface area contributed by atoms with Gasteiger partial charge in [-0.3, -0.25) is 4.79 Å². The van der Waals surface area contributed by atoms with Crippen molar-refractivity contribution in [3.8, 4) is 5.69 Å². The number of carbonyl (C=O) groups excluding carboxylic acids is 1. The molecule has 2 N–H and O–H groups in total. The SMILES string of the molecule is Cc1cc(C(=O)N2CC3CCC(N)C3C2)nn1-c1ccccc1.Cl. The van der Waals surface area contributed by atoms with Gasteiger partial charge in [-0.05, 0) is 49.8 Å². The predicted molar refractivity (Wildman–Crippen MR) is 95.6 cm³/mol. The molecule has 2 aromatic rings. The van der Waals surface area contributed by atoms with Crippen LogP contribution in [0.3, 0.4) is 0 Å². The molecule has 1 saturated carbocycles. The average Bonchev–Trinajstić information content (AvgIpc) is 3.24. The van der Waals surface area contributed by atoms with Gasteiger partial charge in [0.05, 0.1) is 5.69 Å². The summed E-state index contributed by atoms with van der Waals surface area (Å²) in [5.41, 5.74) is 8.64. The van der Waals surface area contributed by atoms with Gasteiger partial charge in [-0.15, -0.1) is 12.4 Å². The number of hydrogen-bond donors (Lipinski definition) is 1. The molecule has 0 radical (unpaired) electrons. The van der Waals surface area contributed by atoms with Crippen molar-refractivity contribution in [3.63, 3.8) is 0 Å². The summed E-state index contributed by atoms with van der Waals surface area (Å²) in [4.78, 5) is 14.7. The van der Waals surface area contributed by atoms with Gasteiger partial charge in [0.1, 0.15) is 0 Å². The number of aromatic nitrogens is 2. The fourth-order valence-corrected chi connectivity index (χ4v) is 4.04. The maximum absolute atomic E-state index is 12.8. The van der Waals surface area contributed by atoms with Crippen molar-refractivity contribution >= 4 is 18.3 Å². The number of hydrogen-bond acceptors (Lipinski definition) is 3. The number of benzene rings is 1. The van der Waals surface area contributed by atoms with Crippen molar-refractivity contribution in [1.82, 2.24) is 14.7 Å². The Morgan fingerprint density at radius 3 is 2.67 bits per heavy atom. The molecule has 1 aromatic carbocycles. The van der Waals surface area contributed by atoms with Crippen LogP contribution in [-0.4, -0.2) is 39.7 Å². The highest BCUT2D eigenvalue weighted by atomic mass is 35.5. The van der Waals surface area contributed by atoms with E-state index in [0.29, 0.717) is 17.5 Å². The summed E-state index contributed by atoms with van der Waals surface area (Å²) in [6.45, 7) is 3.59. The van der Waals surface area contributed by atoms with E-state index in [0.717, 1.165) is 37.3 Å². The molecule has 1 saturated heterocycles. The Balaban J connectivity index is 0.00000169. The van der Waals surface area contributed by atoms with Crippen molar-refractivity contribution in [1.29, 1.82) is 0 Å². The Hall–Kier alpha value is -1.85. The van der Waals surface area contributed by atoms with Crippen LogP contribution in [0.2, 0.25) is 0 Å². The second kappa shape index (κ2) is 6.57. The molecule has 2 fully saturated rings. The number of fused-ring (bicyclic) bond motifs is 1. The van der Waals surface area contributed by atoms with Crippen LogP contribution in [0.25, 0.3) is 5.69 Å². The van der Waals surface area contributed by atoms with E-state index in [4.69, 9.17) is 5.73 Å². The maximum atomic E-state index is 12.8. The van der Waals surface area contributed by atoms with E-state index in [-0.39, 0.29) is 24.4 Å². The molecule has 1 amide bonds. The third-order valence-electron chi connectivity index (χ3n) is 5.31. The van der Waals surface area contributed by atoms with Crippen LogP contribution in [-0.2, 0) is 0 Å². The van der Waals surface area contributed by atoms with Crippen molar-refractivity contribution in [2.75, 3.05) is 13.1 Å². The molecule has 2 heterocycles. The minimum absolute atomic E-state index is 0. The van der Waals surface area contributed by atoms with Crippen LogP contribution in [0.5, 0.6) is 0 Å². The summed E-state index contributed by atoms with van der Waals surface area (Å²) in [6, 6.07) is 12.0. The van der Waals surface area contributed by atoms with Crippen LogP contribution < -0.4 is 5.73 Å². The highest BCUT2D eigenvalue weighted by Gasteiger charge is 2.42. The van der Waals surface area contributed by atoms with Crippen molar-refractivity contribution in [3.05, 3.63) is 47.8 Å². The van der Waals surface area contributed by atoms with Crippen molar-refractivity contribution in [2.45, 2.75) is 25.8 Å². The van der Waals surface area contributed by atoms with Crippen LogP contribution in [0.1, 0.15) is 29.0 Å². The molecule has 6 heteroatoms. The fraction of sp³-hybridized carbons (Fsp3) is 0.444. The number of nitrogens with zero attached hydrogens (tertiary/aromatic N) is 3. The number of halogens is 1. The van der Waals surface area contributed by atoms with Crippen molar-refractivity contribution in [2.24, 2.45) is 17.6 Å². The van der Waals surface area contributed by atoms with Crippen LogP contribution >= 0.6 is 12.4 Å². The smallest absolute Gasteiger partial charge is 0.274 e. The molecular weight excluding hydrogens is 324 g/mol. The normalized spacial score (nSPS) is 25.4. The molecular formula is C18H23ClN4O.